The predicted molar refractivity (Wildman–Crippen MR) is 78.9 cm³/mol. The van der Waals surface area contributed by atoms with Crippen molar-refractivity contribution in [3.8, 4) is 0 Å². The Morgan fingerprint density at radius 1 is 1.41 bits per heavy atom. The van der Waals surface area contributed by atoms with E-state index < -0.39 is 11.9 Å². The molecule has 0 aromatic heterocycles. The molecule has 1 aliphatic heterocycles. The third-order valence-electron chi connectivity index (χ3n) is 3.25. The fourth-order valence-electron chi connectivity index (χ4n) is 2.05. The molecular formula is C15H23NO6. The standard InChI is InChI=1S/C15H23NO6/c1-3-14(18)22-11-13(15(19)21-9-6-17)10-12(2)16-4-7-20-8-5-16/h3,11-12,17H,1,4-10H2,2H3/b13-11-. The van der Waals surface area contributed by atoms with E-state index in [0.29, 0.717) is 19.6 Å². The highest BCUT2D eigenvalue weighted by Gasteiger charge is 2.22. The number of morpholine rings is 1. The van der Waals surface area contributed by atoms with Crippen LogP contribution in [0, 0.1) is 0 Å². The number of hydrogen-bond donors (Lipinski definition) is 1. The van der Waals surface area contributed by atoms with E-state index in [1.807, 2.05) is 6.92 Å². The van der Waals surface area contributed by atoms with Crippen molar-refractivity contribution in [3.05, 3.63) is 24.5 Å². The lowest BCUT2D eigenvalue weighted by Gasteiger charge is -2.32. The first-order valence-electron chi connectivity index (χ1n) is 7.20. The highest BCUT2D eigenvalue weighted by Crippen LogP contribution is 2.15. The lowest BCUT2D eigenvalue weighted by molar-refractivity contribution is -0.140. The lowest BCUT2D eigenvalue weighted by atomic mass is 10.1. The summed E-state index contributed by atoms with van der Waals surface area (Å²) in [7, 11) is 0. The smallest absolute Gasteiger partial charge is 0.337 e. The molecule has 1 atom stereocenters. The zero-order chi connectivity index (χ0) is 16.4. The first-order chi connectivity index (χ1) is 10.6. The van der Waals surface area contributed by atoms with Crippen molar-refractivity contribution in [1.82, 2.24) is 4.90 Å². The van der Waals surface area contributed by atoms with Crippen LogP contribution in [0.15, 0.2) is 24.5 Å². The average molecular weight is 313 g/mol. The maximum absolute atomic E-state index is 12.0. The van der Waals surface area contributed by atoms with Gasteiger partial charge < -0.3 is 19.3 Å². The van der Waals surface area contributed by atoms with Crippen molar-refractivity contribution < 1.29 is 28.9 Å². The van der Waals surface area contributed by atoms with Gasteiger partial charge in [0.25, 0.3) is 0 Å². The van der Waals surface area contributed by atoms with Crippen LogP contribution in [0.5, 0.6) is 0 Å². The largest absolute Gasteiger partial charge is 0.460 e. The van der Waals surface area contributed by atoms with Crippen molar-refractivity contribution in [3.63, 3.8) is 0 Å². The van der Waals surface area contributed by atoms with E-state index in [2.05, 4.69) is 11.5 Å². The van der Waals surface area contributed by atoms with Crippen molar-refractivity contribution >= 4 is 11.9 Å². The molecule has 1 heterocycles. The number of nitrogens with zero attached hydrogens (tertiary/aromatic N) is 1. The minimum atomic E-state index is -0.647. The molecule has 1 N–H and O–H groups in total. The molecule has 1 fully saturated rings. The highest BCUT2D eigenvalue weighted by atomic mass is 16.5. The summed E-state index contributed by atoms with van der Waals surface area (Å²) in [5, 5.41) is 8.72. The molecule has 0 aromatic carbocycles. The third-order valence-corrected chi connectivity index (χ3v) is 3.25. The molecule has 22 heavy (non-hydrogen) atoms. The molecular weight excluding hydrogens is 290 g/mol. The van der Waals surface area contributed by atoms with Gasteiger partial charge in [0, 0.05) is 25.2 Å². The fourth-order valence-corrected chi connectivity index (χ4v) is 2.05. The van der Waals surface area contributed by atoms with Crippen molar-refractivity contribution in [1.29, 1.82) is 0 Å². The van der Waals surface area contributed by atoms with Gasteiger partial charge in [-0.15, -0.1) is 0 Å². The molecule has 0 spiro atoms. The molecule has 0 aromatic rings. The van der Waals surface area contributed by atoms with Gasteiger partial charge in [0.15, 0.2) is 0 Å². The van der Waals surface area contributed by atoms with E-state index >= 15 is 0 Å². The fraction of sp³-hybridized carbons (Fsp3) is 0.600. The van der Waals surface area contributed by atoms with Crippen molar-refractivity contribution in [2.75, 3.05) is 39.5 Å². The summed E-state index contributed by atoms with van der Waals surface area (Å²) in [4.78, 5) is 25.3. The Morgan fingerprint density at radius 2 is 2.09 bits per heavy atom. The van der Waals surface area contributed by atoms with Crippen LogP contribution in [0.1, 0.15) is 13.3 Å². The summed E-state index contributed by atoms with van der Waals surface area (Å²) in [5.74, 6) is -1.25. The summed E-state index contributed by atoms with van der Waals surface area (Å²) in [5.41, 5.74) is 0.239. The van der Waals surface area contributed by atoms with Gasteiger partial charge >= 0.3 is 11.9 Å². The molecule has 0 aliphatic carbocycles. The number of ether oxygens (including phenoxy) is 3. The minimum absolute atomic E-state index is 0.0688. The second kappa shape index (κ2) is 10.1. The molecule has 0 radical (unpaired) electrons. The number of rotatable bonds is 8. The van der Waals surface area contributed by atoms with Gasteiger partial charge in [-0.1, -0.05) is 6.58 Å². The number of esters is 2. The number of hydrogen-bond acceptors (Lipinski definition) is 7. The van der Waals surface area contributed by atoms with E-state index in [1.165, 1.54) is 0 Å². The summed E-state index contributed by atoms with van der Waals surface area (Å²) in [6, 6.07) is 0.0688. The first-order valence-corrected chi connectivity index (χ1v) is 7.20. The Morgan fingerprint density at radius 3 is 2.68 bits per heavy atom. The maximum Gasteiger partial charge on any atom is 0.337 e. The zero-order valence-electron chi connectivity index (χ0n) is 12.8. The monoisotopic (exact) mass is 313 g/mol. The van der Waals surface area contributed by atoms with Gasteiger partial charge in [0.05, 0.1) is 25.4 Å². The number of carbonyl (C=O) groups excluding carboxylic acids is 2. The van der Waals surface area contributed by atoms with Crippen LogP contribution in [0.4, 0.5) is 0 Å². The molecule has 7 nitrogen and oxygen atoms in total. The Hall–Kier alpha value is -1.70. The Labute approximate surface area is 130 Å². The Kier molecular flexibility index (Phi) is 8.42. The molecule has 1 unspecified atom stereocenters. The van der Waals surface area contributed by atoms with Crippen LogP contribution in [-0.4, -0.2) is 67.5 Å². The summed E-state index contributed by atoms with van der Waals surface area (Å²) >= 11 is 0. The van der Waals surface area contributed by atoms with Gasteiger partial charge in [-0.2, -0.15) is 0 Å². The summed E-state index contributed by atoms with van der Waals surface area (Å²) in [6.07, 6.45) is 2.48. The average Bonchev–Trinajstić information content (AvgIpc) is 2.56. The molecule has 1 aliphatic rings. The third kappa shape index (κ3) is 6.38. The summed E-state index contributed by atoms with van der Waals surface area (Å²) in [6.45, 7) is 7.79. The first kappa shape index (κ1) is 18.3. The number of carbonyl (C=O) groups is 2. The van der Waals surface area contributed by atoms with Gasteiger partial charge in [-0.05, 0) is 13.3 Å². The van der Waals surface area contributed by atoms with Crippen molar-refractivity contribution in [2.45, 2.75) is 19.4 Å². The lowest BCUT2D eigenvalue weighted by Crippen LogP contribution is -2.42. The van der Waals surface area contributed by atoms with Crippen LogP contribution in [0.2, 0.25) is 0 Å². The Balaban J connectivity index is 2.68. The number of aliphatic hydroxyl groups excluding tert-OH is 1. The maximum atomic E-state index is 12.0. The van der Waals surface area contributed by atoms with E-state index in [4.69, 9.17) is 19.3 Å². The topological polar surface area (TPSA) is 85.3 Å². The molecule has 1 saturated heterocycles. The number of aliphatic hydroxyl groups is 1. The highest BCUT2D eigenvalue weighted by molar-refractivity contribution is 5.89. The van der Waals surface area contributed by atoms with Gasteiger partial charge in [-0.3, -0.25) is 4.90 Å². The molecule has 1 rings (SSSR count). The van der Waals surface area contributed by atoms with E-state index in [0.717, 1.165) is 25.4 Å². The van der Waals surface area contributed by atoms with E-state index in [-0.39, 0.29) is 24.8 Å². The van der Waals surface area contributed by atoms with Crippen LogP contribution in [-0.2, 0) is 23.8 Å². The second-order valence-electron chi connectivity index (χ2n) is 4.85. The van der Waals surface area contributed by atoms with Gasteiger partial charge in [-0.25, -0.2) is 9.59 Å². The van der Waals surface area contributed by atoms with Gasteiger partial charge in [0.1, 0.15) is 12.9 Å². The summed E-state index contributed by atoms with van der Waals surface area (Å²) < 4.78 is 15.0. The zero-order valence-corrected chi connectivity index (χ0v) is 12.8. The van der Waals surface area contributed by atoms with Gasteiger partial charge in [0.2, 0.25) is 0 Å². The normalized spacial score (nSPS) is 17.6. The molecule has 0 amide bonds. The molecule has 124 valence electrons. The molecule has 7 heteroatoms. The second-order valence-corrected chi connectivity index (χ2v) is 4.85. The molecule has 0 saturated carbocycles. The van der Waals surface area contributed by atoms with Crippen LogP contribution in [0.3, 0.4) is 0 Å². The quantitative estimate of drug-likeness (QED) is 0.390. The van der Waals surface area contributed by atoms with E-state index in [1.54, 1.807) is 0 Å². The Bertz CT molecular complexity index is 414. The predicted octanol–water partition coefficient (Wildman–Crippen LogP) is 0.246. The van der Waals surface area contributed by atoms with Crippen LogP contribution in [0.25, 0.3) is 0 Å². The van der Waals surface area contributed by atoms with E-state index in [9.17, 15) is 9.59 Å². The van der Waals surface area contributed by atoms with Crippen LogP contribution < -0.4 is 0 Å². The molecule has 0 bridgehead atoms. The van der Waals surface area contributed by atoms with Crippen molar-refractivity contribution in [2.24, 2.45) is 0 Å². The van der Waals surface area contributed by atoms with Crippen LogP contribution >= 0.6 is 0 Å². The SMILES string of the molecule is C=CC(=O)O/C=C(/CC(C)N1CCOCC1)C(=O)OCCO. The minimum Gasteiger partial charge on any atom is -0.460 e.